The van der Waals surface area contributed by atoms with Gasteiger partial charge in [-0.1, -0.05) is 30.3 Å². The first-order valence-electron chi connectivity index (χ1n) is 5.89. The van der Waals surface area contributed by atoms with Crippen molar-refractivity contribution in [2.24, 2.45) is 0 Å². The third-order valence-electron chi connectivity index (χ3n) is 3.07. The summed E-state index contributed by atoms with van der Waals surface area (Å²) < 4.78 is 5.38. The van der Waals surface area contributed by atoms with E-state index in [2.05, 4.69) is 10.1 Å². The summed E-state index contributed by atoms with van der Waals surface area (Å²) in [6.45, 7) is 2.04. The summed E-state index contributed by atoms with van der Waals surface area (Å²) in [5, 5.41) is 4.90. The zero-order valence-corrected chi connectivity index (χ0v) is 10.1. The quantitative estimate of drug-likeness (QED) is 0.746. The van der Waals surface area contributed by atoms with Gasteiger partial charge in [0.1, 0.15) is 0 Å². The number of nitrogens with two attached hydrogens (primary N) is 1. The van der Waals surface area contributed by atoms with Crippen LogP contribution in [0.4, 0.5) is 5.82 Å². The van der Waals surface area contributed by atoms with Crippen LogP contribution in [0.3, 0.4) is 0 Å². The molecule has 2 N–H and O–H groups in total. The molecule has 4 heteroatoms. The van der Waals surface area contributed by atoms with E-state index in [1.54, 1.807) is 6.20 Å². The second-order valence-corrected chi connectivity index (χ2v) is 4.10. The lowest BCUT2D eigenvalue weighted by atomic mass is 10.0. The SMILES string of the molecule is CCc1c(N)noc1-c1ccnc2ccccc12. The van der Waals surface area contributed by atoms with Gasteiger partial charge in [0.05, 0.1) is 5.52 Å². The number of aromatic nitrogens is 2. The number of para-hydroxylation sites is 1. The maximum Gasteiger partial charge on any atom is 0.172 e. The summed E-state index contributed by atoms with van der Waals surface area (Å²) in [6, 6.07) is 9.88. The molecule has 0 amide bonds. The maximum absolute atomic E-state index is 5.81. The predicted molar refractivity (Wildman–Crippen MR) is 71.0 cm³/mol. The van der Waals surface area contributed by atoms with Crippen LogP contribution in [0.15, 0.2) is 41.1 Å². The van der Waals surface area contributed by atoms with E-state index >= 15 is 0 Å². The standard InChI is InChI=1S/C14H13N3O/c1-2-9-13(18-17-14(9)15)11-7-8-16-12-6-4-3-5-10(11)12/h3-8H,2H2,1H3,(H2,15,17). The van der Waals surface area contributed by atoms with Crippen molar-refractivity contribution in [1.82, 2.24) is 10.1 Å². The predicted octanol–water partition coefficient (Wildman–Crippen LogP) is 3.03. The Labute approximate surface area is 104 Å². The molecule has 1 aromatic carbocycles. The van der Waals surface area contributed by atoms with Crippen LogP contribution in [-0.2, 0) is 6.42 Å². The second kappa shape index (κ2) is 4.14. The van der Waals surface area contributed by atoms with Crippen molar-refractivity contribution in [3.05, 3.63) is 42.1 Å². The van der Waals surface area contributed by atoms with E-state index in [9.17, 15) is 0 Å². The fourth-order valence-electron chi connectivity index (χ4n) is 2.17. The molecule has 3 aromatic rings. The lowest BCUT2D eigenvalue weighted by Gasteiger charge is -2.04. The molecule has 0 aliphatic heterocycles. The lowest BCUT2D eigenvalue weighted by molar-refractivity contribution is 0.435. The maximum atomic E-state index is 5.81. The smallest absolute Gasteiger partial charge is 0.172 e. The van der Waals surface area contributed by atoms with Crippen molar-refractivity contribution in [1.29, 1.82) is 0 Å². The number of hydrogen-bond acceptors (Lipinski definition) is 4. The highest BCUT2D eigenvalue weighted by Gasteiger charge is 2.16. The minimum Gasteiger partial charge on any atom is -0.381 e. The van der Waals surface area contributed by atoms with Crippen molar-refractivity contribution >= 4 is 16.7 Å². The molecule has 2 aromatic heterocycles. The molecule has 0 spiro atoms. The monoisotopic (exact) mass is 239 g/mol. The molecule has 0 saturated heterocycles. The molecule has 0 aliphatic rings. The van der Waals surface area contributed by atoms with Crippen LogP contribution in [0, 0.1) is 0 Å². The largest absolute Gasteiger partial charge is 0.381 e. The Bertz CT molecular complexity index is 698. The minimum atomic E-state index is 0.466. The van der Waals surface area contributed by atoms with Gasteiger partial charge in [-0.15, -0.1) is 0 Å². The van der Waals surface area contributed by atoms with E-state index in [0.717, 1.165) is 34.2 Å². The van der Waals surface area contributed by atoms with Crippen LogP contribution < -0.4 is 5.73 Å². The van der Waals surface area contributed by atoms with Gasteiger partial charge in [0.15, 0.2) is 11.6 Å². The molecule has 0 bridgehead atoms. The molecule has 18 heavy (non-hydrogen) atoms. The van der Waals surface area contributed by atoms with E-state index in [1.807, 2.05) is 37.3 Å². The molecular formula is C14H13N3O. The van der Waals surface area contributed by atoms with Crippen LogP contribution >= 0.6 is 0 Å². The van der Waals surface area contributed by atoms with E-state index in [-0.39, 0.29) is 0 Å². The Morgan fingerprint density at radius 3 is 2.89 bits per heavy atom. The van der Waals surface area contributed by atoms with Gasteiger partial charge in [0.2, 0.25) is 0 Å². The number of anilines is 1. The molecule has 2 heterocycles. The Morgan fingerprint density at radius 1 is 1.22 bits per heavy atom. The highest BCUT2D eigenvalue weighted by atomic mass is 16.5. The summed E-state index contributed by atoms with van der Waals surface area (Å²) in [4.78, 5) is 4.34. The number of benzene rings is 1. The third kappa shape index (κ3) is 1.54. The second-order valence-electron chi connectivity index (χ2n) is 4.10. The fourth-order valence-corrected chi connectivity index (χ4v) is 2.17. The van der Waals surface area contributed by atoms with Gasteiger partial charge in [-0.25, -0.2) is 0 Å². The summed E-state index contributed by atoms with van der Waals surface area (Å²) >= 11 is 0. The Balaban J connectivity index is 2.31. The number of rotatable bonds is 2. The molecule has 0 atom stereocenters. The topological polar surface area (TPSA) is 64.9 Å². The molecule has 0 unspecified atom stereocenters. The molecule has 0 saturated carbocycles. The van der Waals surface area contributed by atoms with E-state index < -0.39 is 0 Å². The van der Waals surface area contributed by atoms with Gasteiger partial charge < -0.3 is 10.3 Å². The normalized spacial score (nSPS) is 10.9. The van der Waals surface area contributed by atoms with Crippen LogP contribution in [0.2, 0.25) is 0 Å². The molecule has 4 nitrogen and oxygen atoms in total. The molecule has 0 fully saturated rings. The van der Waals surface area contributed by atoms with Crippen molar-refractivity contribution in [3.63, 3.8) is 0 Å². The third-order valence-corrected chi connectivity index (χ3v) is 3.07. The van der Waals surface area contributed by atoms with Crippen LogP contribution in [0.5, 0.6) is 0 Å². The van der Waals surface area contributed by atoms with Crippen molar-refractivity contribution in [3.8, 4) is 11.3 Å². The van der Waals surface area contributed by atoms with E-state index in [0.29, 0.717) is 5.82 Å². The zero-order valence-electron chi connectivity index (χ0n) is 10.1. The van der Waals surface area contributed by atoms with Gasteiger partial charge in [-0.2, -0.15) is 0 Å². The number of fused-ring (bicyclic) bond motifs is 1. The zero-order chi connectivity index (χ0) is 12.5. The molecule has 0 radical (unpaired) electrons. The van der Waals surface area contributed by atoms with Crippen LogP contribution in [0.1, 0.15) is 12.5 Å². The average molecular weight is 239 g/mol. The molecule has 0 aliphatic carbocycles. The Hall–Kier alpha value is -2.36. The van der Waals surface area contributed by atoms with Crippen LogP contribution in [-0.4, -0.2) is 10.1 Å². The van der Waals surface area contributed by atoms with Gasteiger partial charge >= 0.3 is 0 Å². The lowest BCUT2D eigenvalue weighted by Crippen LogP contribution is -1.91. The van der Waals surface area contributed by atoms with Gasteiger partial charge in [-0.3, -0.25) is 4.98 Å². The highest BCUT2D eigenvalue weighted by Crippen LogP contribution is 2.32. The van der Waals surface area contributed by atoms with Crippen LogP contribution in [0.25, 0.3) is 22.2 Å². The highest BCUT2D eigenvalue weighted by molar-refractivity contribution is 5.93. The Kier molecular flexibility index (Phi) is 2.48. The van der Waals surface area contributed by atoms with Crippen molar-refractivity contribution < 1.29 is 4.52 Å². The number of hydrogen-bond donors (Lipinski definition) is 1. The fraction of sp³-hybridized carbons (Fsp3) is 0.143. The number of nitrogen functional groups attached to an aromatic ring is 1. The first kappa shape index (κ1) is 10.8. The minimum absolute atomic E-state index is 0.466. The van der Waals surface area contributed by atoms with Crippen molar-refractivity contribution in [2.75, 3.05) is 5.73 Å². The Morgan fingerprint density at radius 2 is 2.06 bits per heavy atom. The number of pyridine rings is 1. The first-order chi connectivity index (χ1) is 8.81. The number of nitrogens with zero attached hydrogens (tertiary/aromatic N) is 2. The van der Waals surface area contributed by atoms with E-state index in [4.69, 9.17) is 10.3 Å². The summed E-state index contributed by atoms with van der Waals surface area (Å²) in [6.07, 6.45) is 2.57. The summed E-state index contributed by atoms with van der Waals surface area (Å²) in [5.41, 5.74) is 8.69. The molecule has 90 valence electrons. The van der Waals surface area contributed by atoms with Crippen molar-refractivity contribution in [2.45, 2.75) is 13.3 Å². The summed E-state index contributed by atoms with van der Waals surface area (Å²) in [7, 11) is 0. The van der Waals surface area contributed by atoms with Gasteiger partial charge in [0, 0.05) is 22.7 Å². The van der Waals surface area contributed by atoms with E-state index in [1.165, 1.54) is 0 Å². The van der Waals surface area contributed by atoms with Gasteiger partial charge in [0.25, 0.3) is 0 Å². The molecular weight excluding hydrogens is 226 g/mol. The first-order valence-corrected chi connectivity index (χ1v) is 5.89. The van der Waals surface area contributed by atoms with Gasteiger partial charge in [-0.05, 0) is 18.6 Å². The molecule has 3 rings (SSSR count). The average Bonchev–Trinajstić information content (AvgIpc) is 2.79. The summed E-state index contributed by atoms with van der Waals surface area (Å²) in [5.74, 6) is 1.21.